The first-order valence-corrected chi connectivity index (χ1v) is 5.99. The second kappa shape index (κ2) is 4.38. The summed E-state index contributed by atoms with van der Waals surface area (Å²) in [6.45, 7) is 1.80. The number of hydrogen-bond donors (Lipinski definition) is 1. The summed E-state index contributed by atoms with van der Waals surface area (Å²) in [4.78, 5) is 11.3. The van der Waals surface area contributed by atoms with Crippen molar-refractivity contribution in [1.82, 2.24) is 0 Å². The van der Waals surface area contributed by atoms with E-state index >= 15 is 0 Å². The van der Waals surface area contributed by atoms with Crippen molar-refractivity contribution in [3.63, 3.8) is 0 Å². The van der Waals surface area contributed by atoms with Crippen molar-refractivity contribution in [2.75, 3.05) is 5.32 Å². The summed E-state index contributed by atoms with van der Waals surface area (Å²) in [6.07, 6.45) is 3.18. The van der Waals surface area contributed by atoms with Gasteiger partial charge in [0.1, 0.15) is 0 Å². The first-order chi connectivity index (χ1) is 7.31. The van der Waals surface area contributed by atoms with Crippen molar-refractivity contribution in [3.8, 4) is 0 Å². The van der Waals surface area contributed by atoms with Gasteiger partial charge >= 0.3 is 92.8 Å². The number of allylic oxidation sites excluding steroid dienone is 1. The molecule has 0 bridgehead atoms. The van der Waals surface area contributed by atoms with Gasteiger partial charge < -0.3 is 0 Å². The Morgan fingerprint density at radius 3 is 3.13 bits per heavy atom. The van der Waals surface area contributed by atoms with Gasteiger partial charge in [-0.15, -0.1) is 0 Å². The molecule has 0 radical (unpaired) electrons. The zero-order valence-corrected chi connectivity index (χ0v) is 9.81. The molecule has 0 aliphatic carbocycles. The summed E-state index contributed by atoms with van der Waals surface area (Å²) in [5, 5.41) is 2.77. The van der Waals surface area contributed by atoms with E-state index in [1.54, 1.807) is 13.0 Å². The summed E-state index contributed by atoms with van der Waals surface area (Å²) >= 11 is -0.0657. The zero-order valence-electron chi connectivity index (χ0n) is 8.10. The second-order valence-corrected chi connectivity index (χ2v) is 4.04. The molecule has 2 rings (SSSR count). The summed E-state index contributed by atoms with van der Waals surface area (Å²) in [7, 11) is 0. The average molecular weight is 266 g/mol. The maximum absolute atomic E-state index is 11.3. The van der Waals surface area contributed by atoms with Crippen molar-refractivity contribution >= 4 is 37.5 Å². The third-order valence-electron chi connectivity index (χ3n) is 1.86. The first-order valence-electron chi connectivity index (χ1n) is 4.46. The number of benzene rings is 1. The second-order valence-electron chi connectivity index (χ2n) is 2.93. The molecule has 0 saturated heterocycles. The Hall–Kier alpha value is -1.45. The molecule has 0 saturated carbocycles. The Kier molecular flexibility index (Phi) is 2.94. The summed E-state index contributed by atoms with van der Waals surface area (Å²) in [5.41, 5.74) is 2.40. The molecular weight excluding hydrogens is 257 g/mol. The SMILES string of the molecule is C/C=C/C(=O)Nc1cccc2c1N=[Se]=N2. The molecule has 1 aliphatic rings. The van der Waals surface area contributed by atoms with Crippen molar-refractivity contribution in [2.24, 2.45) is 7.92 Å². The number of fused-ring (bicyclic) bond motifs is 1. The van der Waals surface area contributed by atoms with E-state index < -0.39 is 0 Å². The van der Waals surface area contributed by atoms with E-state index in [-0.39, 0.29) is 20.5 Å². The van der Waals surface area contributed by atoms with Crippen LogP contribution in [0.5, 0.6) is 0 Å². The van der Waals surface area contributed by atoms with Gasteiger partial charge in [0.05, 0.1) is 0 Å². The number of rotatable bonds is 2. The van der Waals surface area contributed by atoms with E-state index in [9.17, 15) is 4.79 Å². The van der Waals surface area contributed by atoms with E-state index in [1.165, 1.54) is 6.08 Å². The monoisotopic (exact) mass is 267 g/mol. The average Bonchev–Trinajstić information content (AvgIpc) is 2.67. The molecule has 4 nitrogen and oxygen atoms in total. The quantitative estimate of drug-likeness (QED) is 0.659. The maximum atomic E-state index is 11.3. The van der Waals surface area contributed by atoms with Crippen LogP contribution in [-0.2, 0) is 4.79 Å². The van der Waals surface area contributed by atoms with Crippen molar-refractivity contribution < 1.29 is 4.79 Å². The molecule has 0 aromatic heterocycles. The molecule has 0 spiro atoms. The molecule has 1 aliphatic heterocycles. The van der Waals surface area contributed by atoms with Gasteiger partial charge in [-0.1, -0.05) is 0 Å². The van der Waals surface area contributed by atoms with Gasteiger partial charge in [-0.25, -0.2) is 0 Å². The molecule has 0 fully saturated rings. The van der Waals surface area contributed by atoms with Gasteiger partial charge in [0.25, 0.3) is 0 Å². The van der Waals surface area contributed by atoms with E-state index in [2.05, 4.69) is 13.2 Å². The zero-order chi connectivity index (χ0) is 10.7. The molecule has 1 N–H and O–H groups in total. The Balaban J connectivity index is 2.27. The van der Waals surface area contributed by atoms with Crippen LogP contribution in [0.3, 0.4) is 0 Å². The number of hydrogen-bond acceptors (Lipinski definition) is 3. The van der Waals surface area contributed by atoms with Gasteiger partial charge in [0.2, 0.25) is 0 Å². The summed E-state index contributed by atoms with van der Waals surface area (Å²) in [6, 6.07) is 5.60. The molecule has 5 heteroatoms. The van der Waals surface area contributed by atoms with E-state index in [4.69, 9.17) is 0 Å². The normalized spacial score (nSPS) is 12.6. The first kappa shape index (κ1) is 10.1. The summed E-state index contributed by atoms with van der Waals surface area (Å²) in [5.74, 6) is -0.138. The molecule has 0 unspecified atom stereocenters. The molecule has 0 atom stereocenters. The van der Waals surface area contributed by atoms with Crippen LogP contribution < -0.4 is 5.32 Å². The molecular formula is C10H9N3OSe. The van der Waals surface area contributed by atoms with Crippen LogP contribution in [0.15, 0.2) is 38.3 Å². The Labute approximate surface area is 93.1 Å². The van der Waals surface area contributed by atoms with Crippen LogP contribution in [0, 0.1) is 0 Å². The molecule has 1 amide bonds. The Morgan fingerprint density at radius 2 is 2.33 bits per heavy atom. The fourth-order valence-electron chi connectivity index (χ4n) is 1.23. The minimum absolute atomic E-state index is 0.0657. The third-order valence-corrected chi connectivity index (χ3v) is 3.00. The fraction of sp³-hybridized carbons (Fsp3) is 0.100. The molecule has 15 heavy (non-hydrogen) atoms. The standard InChI is InChI=1S/C10H9N3OSe/c1-2-4-9(14)11-7-5-3-6-8-10(7)13-15-12-8/h2-6H,1H3,(H,11,14)/b4-2+. The van der Waals surface area contributed by atoms with E-state index in [0.717, 1.165) is 17.1 Å². The van der Waals surface area contributed by atoms with Crippen LogP contribution in [0.25, 0.3) is 0 Å². The Morgan fingerprint density at radius 1 is 1.47 bits per heavy atom. The van der Waals surface area contributed by atoms with Crippen LogP contribution >= 0.6 is 0 Å². The van der Waals surface area contributed by atoms with E-state index in [1.807, 2.05) is 18.2 Å². The molecule has 1 aromatic carbocycles. The number of carbonyl (C=O) groups excluding carboxylic acids is 1. The predicted molar refractivity (Wildman–Crippen MR) is 59.8 cm³/mol. The van der Waals surface area contributed by atoms with Crippen molar-refractivity contribution in [1.29, 1.82) is 0 Å². The Bertz CT molecular complexity index is 501. The minimum atomic E-state index is -0.138. The number of anilines is 1. The van der Waals surface area contributed by atoms with Crippen molar-refractivity contribution in [2.45, 2.75) is 6.92 Å². The number of carbonyl (C=O) groups is 1. The van der Waals surface area contributed by atoms with Gasteiger partial charge in [-0.2, -0.15) is 0 Å². The van der Waals surface area contributed by atoms with Crippen LogP contribution in [0.4, 0.5) is 17.1 Å². The van der Waals surface area contributed by atoms with Gasteiger partial charge in [-0.05, 0) is 0 Å². The number of nitrogens with zero attached hydrogens (tertiary/aromatic N) is 2. The molecule has 76 valence electrons. The fourth-order valence-corrected chi connectivity index (χ4v) is 2.39. The number of amides is 1. The molecule has 1 heterocycles. The van der Waals surface area contributed by atoms with Gasteiger partial charge in [-0.3, -0.25) is 0 Å². The van der Waals surface area contributed by atoms with E-state index in [0.29, 0.717) is 0 Å². The summed E-state index contributed by atoms with van der Waals surface area (Å²) < 4.78 is 8.51. The van der Waals surface area contributed by atoms with Crippen LogP contribution in [-0.4, -0.2) is 20.5 Å². The topological polar surface area (TPSA) is 53.8 Å². The predicted octanol–water partition coefficient (Wildman–Crippen LogP) is 2.55. The molecule has 1 aromatic rings. The number of nitrogens with one attached hydrogen (secondary N) is 1. The third kappa shape index (κ3) is 2.14. The van der Waals surface area contributed by atoms with Crippen molar-refractivity contribution in [3.05, 3.63) is 30.4 Å². The van der Waals surface area contributed by atoms with Gasteiger partial charge in [0, 0.05) is 0 Å². The van der Waals surface area contributed by atoms with Crippen LogP contribution in [0.1, 0.15) is 6.92 Å². The van der Waals surface area contributed by atoms with Gasteiger partial charge in [0.15, 0.2) is 0 Å². The van der Waals surface area contributed by atoms with Crippen LogP contribution in [0.2, 0.25) is 0 Å².